The van der Waals surface area contributed by atoms with Gasteiger partial charge in [0.1, 0.15) is 6.04 Å². The Morgan fingerprint density at radius 3 is 2.50 bits per heavy atom. The standard InChI is InChI=1S/C10H19N3O3/c1-2-8(9(14)15)12-10(16)13-5-3-7(11)4-6-13/h7-8H,2-6,11H2,1H3,(H,12,16)(H,14,15)/t8-/m0/s1. The van der Waals surface area contributed by atoms with Gasteiger partial charge in [0.25, 0.3) is 0 Å². The van der Waals surface area contributed by atoms with E-state index < -0.39 is 12.0 Å². The summed E-state index contributed by atoms with van der Waals surface area (Å²) in [7, 11) is 0. The summed E-state index contributed by atoms with van der Waals surface area (Å²) in [6.07, 6.45) is 1.93. The molecule has 0 aromatic heterocycles. The van der Waals surface area contributed by atoms with Crippen LogP contribution in [0.3, 0.4) is 0 Å². The van der Waals surface area contributed by atoms with Crippen LogP contribution < -0.4 is 11.1 Å². The van der Waals surface area contributed by atoms with E-state index in [1.54, 1.807) is 11.8 Å². The van der Waals surface area contributed by atoms with Crippen molar-refractivity contribution in [2.24, 2.45) is 5.73 Å². The molecule has 1 aliphatic rings. The number of carbonyl (C=O) groups is 2. The normalized spacial score (nSPS) is 19.2. The van der Waals surface area contributed by atoms with E-state index in [2.05, 4.69) is 5.32 Å². The Labute approximate surface area is 94.8 Å². The monoisotopic (exact) mass is 229 g/mol. The van der Waals surface area contributed by atoms with Gasteiger partial charge in [0, 0.05) is 19.1 Å². The van der Waals surface area contributed by atoms with Crippen molar-refractivity contribution < 1.29 is 14.7 Å². The fraction of sp³-hybridized carbons (Fsp3) is 0.800. The first-order valence-electron chi connectivity index (χ1n) is 5.58. The molecule has 0 saturated carbocycles. The van der Waals surface area contributed by atoms with Crippen LogP contribution >= 0.6 is 0 Å². The van der Waals surface area contributed by atoms with E-state index in [0.29, 0.717) is 19.5 Å². The number of hydrogen-bond donors (Lipinski definition) is 3. The molecule has 1 heterocycles. The number of aliphatic carboxylic acids is 1. The first-order valence-corrected chi connectivity index (χ1v) is 5.58. The number of carbonyl (C=O) groups excluding carboxylic acids is 1. The Hall–Kier alpha value is -1.30. The van der Waals surface area contributed by atoms with Gasteiger partial charge in [-0.3, -0.25) is 0 Å². The number of likely N-dealkylation sites (tertiary alicyclic amines) is 1. The summed E-state index contributed by atoms with van der Waals surface area (Å²) in [6, 6.07) is -0.949. The van der Waals surface area contributed by atoms with Crippen molar-refractivity contribution in [1.29, 1.82) is 0 Å². The zero-order valence-electron chi connectivity index (χ0n) is 9.48. The Morgan fingerprint density at radius 2 is 2.06 bits per heavy atom. The van der Waals surface area contributed by atoms with Gasteiger partial charge in [-0.25, -0.2) is 9.59 Å². The minimum absolute atomic E-state index is 0.158. The zero-order valence-corrected chi connectivity index (χ0v) is 9.48. The summed E-state index contributed by atoms with van der Waals surface area (Å²) >= 11 is 0. The van der Waals surface area contributed by atoms with Crippen molar-refractivity contribution in [1.82, 2.24) is 10.2 Å². The average Bonchev–Trinajstić information content (AvgIpc) is 2.26. The molecule has 16 heavy (non-hydrogen) atoms. The smallest absolute Gasteiger partial charge is 0.326 e. The molecule has 1 aliphatic heterocycles. The fourth-order valence-corrected chi connectivity index (χ4v) is 1.68. The minimum atomic E-state index is -0.996. The molecule has 0 radical (unpaired) electrons. The predicted molar refractivity (Wildman–Crippen MR) is 59.0 cm³/mol. The van der Waals surface area contributed by atoms with E-state index in [9.17, 15) is 9.59 Å². The van der Waals surface area contributed by atoms with Crippen molar-refractivity contribution in [3.05, 3.63) is 0 Å². The molecule has 2 amide bonds. The lowest BCUT2D eigenvalue weighted by atomic mass is 10.1. The lowest BCUT2D eigenvalue weighted by Gasteiger charge is -2.31. The van der Waals surface area contributed by atoms with Gasteiger partial charge in [0.05, 0.1) is 0 Å². The molecule has 0 unspecified atom stereocenters. The van der Waals surface area contributed by atoms with Gasteiger partial charge in [-0.1, -0.05) is 6.92 Å². The summed E-state index contributed by atoms with van der Waals surface area (Å²) in [6.45, 7) is 2.93. The first-order chi connectivity index (χ1) is 7.54. The number of carboxylic acid groups (broad SMARTS) is 1. The Morgan fingerprint density at radius 1 is 1.50 bits per heavy atom. The number of urea groups is 1. The molecule has 0 spiro atoms. The van der Waals surface area contributed by atoms with Gasteiger partial charge in [-0.15, -0.1) is 0 Å². The second kappa shape index (κ2) is 5.69. The molecule has 0 aromatic rings. The quantitative estimate of drug-likeness (QED) is 0.634. The largest absolute Gasteiger partial charge is 0.480 e. The van der Waals surface area contributed by atoms with Crippen LogP contribution in [0.15, 0.2) is 0 Å². The SMILES string of the molecule is CC[C@H](NC(=O)N1CCC(N)CC1)C(=O)O. The summed E-state index contributed by atoms with van der Waals surface area (Å²) < 4.78 is 0. The van der Waals surface area contributed by atoms with E-state index in [1.165, 1.54) is 0 Å². The molecule has 1 atom stereocenters. The molecule has 1 saturated heterocycles. The highest BCUT2D eigenvalue weighted by Gasteiger charge is 2.24. The number of amides is 2. The number of hydrogen-bond acceptors (Lipinski definition) is 3. The first kappa shape index (κ1) is 12.8. The number of carboxylic acids is 1. The van der Waals surface area contributed by atoms with Crippen LogP contribution in [0.1, 0.15) is 26.2 Å². The Kier molecular flexibility index (Phi) is 4.54. The predicted octanol–water partition coefficient (Wildman–Crippen LogP) is -0.0177. The van der Waals surface area contributed by atoms with Gasteiger partial charge < -0.3 is 21.1 Å². The minimum Gasteiger partial charge on any atom is -0.480 e. The van der Waals surface area contributed by atoms with Crippen LogP contribution in [-0.4, -0.2) is 47.2 Å². The highest BCUT2D eigenvalue weighted by atomic mass is 16.4. The van der Waals surface area contributed by atoms with Gasteiger partial charge >= 0.3 is 12.0 Å². The molecular weight excluding hydrogens is 210 g/mol. The third-order valence-corrected chi connectivity index (χ3v) is 2.83. The number of nitrogens with two attached hydrogens (primary N) is 1. The second-order valence-corrected chi connectivity index (χ2v) is 4.07. The summed E-state index contributed by atoms with van der Waals surface area (Å²) in [4.78, 5) is 24.1. The van der Waals surface area contributed by atoms with E-state index in [1.807, 2.05) is 0 Å². The lowest BCUT2D eigenvalue weighted by Crippen LogP contribution is -2.51. The van der Waals surface area contributed by atoms with E-state index in [-0.39, 0.29) is 12.1 Å². The van der Waals surface area contributed by atoms with Crippen LogP contribution in [0.5, 0.6) is 0 Å². The molecule has 0 aromatic carbocycles. The van der Waals surface area contributed by atoms with Gasteiger partial charge in [-0.05, 0) is 19.3 Å². The molecule has 0 aliphatic carbocycles. The van der Waals surface area contributed by atoms with Crippen LogP contribution in [0.4, 0.5) is 4.79 Å². The third-order valence-electron chi connectivity index (χ3n) is 2.83. The summed E-state index contributed by atoms with van der Waals surface area (Å²) in [5.41, 5.74) is 5.72. The van der Waals surface area contributed by atoms with E-state index in [0.717, 1.165) is 12.8 Å². The summed E-state index contributed by atoms with van der Waals surface area (Å²) in [5, 5.41) is 11.3. The lowest BCUT2D eigenvalue weighted by molar-refractivity contribution is -0.139. The van der Waals surface area contributed by atoms with Crippen LogP contribution in [-0.2, 0) is 4.79 Å². The van der Waals surface area contributed by atoms with Gasteiger partial charge in [0.15, 0.2) is 0 Å². The molecular formula is C10H19N3O3. The summed E-state index contributed by atoms with van der Waals surface area (Å²) in [5.74, 6) is -0.996. The molecule has 0 bridgehead atoms. The fourth-order valence-electron chi connectivity index (χ4n) is 1.68. The number of piperidine rings is 1. The molecule has 4 N–H and O–H groups in total. The maximum absolute atomic E-state index is 11.7. The van der Waals surface area contributed by atoms with Gasteiger partial charge in [0.2, 0.25) is 0 Å². The van der Waals surface area contributed by atoms with E-state index >= 15 is 0 Å². The Balaban J connectivity index is 2.42. The van der Waals surface area contributed by atoms with E-state index in [4.69, 9.17) is 10.8 Å². The molecule has 1 fully saturated rings. The number of rotatable bonds is 3. The van der Waals surface area contributed by atoms with Crippen LogP contribution in [0, 0.1) is 0 Å². The highest BCUT2D eigenvalue weighted by Crippen LogP contribution is 2.08. The molecule has 6 nitrogen and oxygen atoms in total. The topological polar surface area (TPSA) is 95.7 Å². The van der Waals surface area contributed by atoms with Crippen molar-refractivity contribution in [3.8, 4) is 0 Å². The molecule has 92 valence electrons. The molecule has 1 rings (SSSR count). The van der Waals surface area contributed by atoms with Gasteiger partial charge in [-0.2, -0.15) is 0 Å². The number of nitrogens with zero attached hydrogens (tertiary/aromatic N) is 1. The van der Waals surface area contributed by atoms with Crippen LogP contribution in [0.2, 0.25) is 0 Å². The zero-order chi connectivity index (χ0) is 12.1. The van der Waals surface area contributed by atoms with Crippen LogP contribution in [0.25, 0.3) is 0 Å². The number of nitrogens with one attached hydrogen (secondary N) is 1. The maximum atomic E-state index is 11.7. The molecule has 6 heteroatoms. The third kappa shape index (κ3) is 3.37. The highest BCUT2D eigenvalue weighted by molar-refractivity contribution is 5.82. The Bertz CT molecular complexity index is 262. The van der Waals surface area contributed by atoms with Crippen molar-refractivity contribution in [2.45, 2.75) is 38.3 Å². The van der Waals surface area contributed by atoms with Crippen molar-refractivity contribution in [3.63, 3.8) is 0 Å². The van der Waals surface area contributed by atoms with Crippen molar-refractivity contribution >= 4 is 12.0 Å². The van der Waals surface area contributed by atoms with Crippen molar-refractivity contribution in [2.75, 3.05) is 13.1 Å². The second-order valence-electron chi connectivity index (χ2n) is 4.07. The average molecular weight is 229 g/mol. The maximum Gasteiger partial charge on any atom is 0.326 e.